The third-order valence-corrected chi connectivity index (χ3v) is 11.1. The maximum absolute atomic E-state index is 13.0. The van der Waals surface area contributed by atoms with Crippen molar-refractivity contribution in [2.75, 3.05) is 0 Å². The minimum absolute atomic E-state index is 0.0161. The molecule has 0 saturated carbocycles. The van der Waals surface area contributed by atoms with Crippen LogP contribution in [0.1, 0.15) is 83.3 Å². The molecule has 0 bridgehead atoms. The van der Waals surface area contributed by atoms with Gasteiger partial charge in [0, 0.05) is 54.8 Å². The van der Waals surface area contributed by atoms with Crippen LogP contribution in [0, 0.1) is 27.7 Å². The minimum atomic E-state index is -1.43. The van der Waals surface area contributed by atoms with Gasteiger partial charge < -0.3 is 25.3 Å². The number of carbonyl (C=O) groups is 5. The lowest BCUT2D eigenvalue weighted by atomic mass is 9.83. The Bertz CT molecular complexity index is 3170. The first kappa shape index (κ1) is 43.3. The number of aldehydes is 1. The lowest BCUT2D eigenvalue weighted by Crippen LogP contribution is -2.16. The number of pyridine rings is 2. The monoisotopic (exact) mass is 842 g/mol. The molecule has 1 atom stereocenters. The first-order valence-corrected chi connectivity index (χ1v) is 20.0. The predicted molar refractivity (Wildman–Crippen MR) is 241 cm³/mol. The molecule has 10 rings (SSSR count). The van der Waals surface area contributed by atoms with Crippen molar-refractivity contribution in [3.63, 3.8) is 0 Å². The van der Waals surface area contributed by atoms with E-state index in [1.807, 2.05) is 125 Å². The second kappa shape index (κ2) is 17.3. The Hall–Kier alpha value is -7.83. The molecule has 2 aliphatic carbocycles. The van der Waals surface area contributed by atoms with Crippen LogP contribution in [0.4, 0.5) is 0 Å². The number of nitrogens with one attached hydrogen (secondary N) is 2. The zero-order chi connectivity index (χ0) is 45.4. The van der Waals surface area contributed by atoms with Crippen molar-refractivity contribution >= 4 is 73.4 Å². The number of aromatic nitrogens is 2. The molecule has 12 nitrogen and oxygen atoms in total. The van der Waals surface area contributed by atoms with E-state index in [-0.39, 0.29) is 28.7 Å². The lowest BCUT2D eigenvalue weighted by molar-refractivity contribution is -0.145. The quantitative estimate of drug-likeness (QED) is 0.0654. The van der Waals surface area contributed by atoms with Gasteiger partial charge in [0.15, 0.2) is 22.4 Å². The van der Waals surface area contributed by atoms with Gasteiger partial charge in [-0.05, 0) is 130 Å². The maximum atomic E-state index is 13.0. The van der Waals surface area contributed by atoms with Crippen molar-refractivity contribution in [2.24, 2.45) is 0 Å². The van der Waals surface area contributed by atoms with E-state index in [1.165, 1.54) is 6.92 Å². The smallest absolute Gasteiger partial charge is 0.368 e. The van der Waals surface area contributed by atoms with Crippen LogP contribution in [0.25, 0.3) is 43.6 Å². The second-order valence-corrected chi connectivity index (χ2v) is 15.9. The Balaban J connectivity index is 0.000000153. The Kier molecular flexibility index (Phi) is 11.9. The number of hydrogen-bond donors (Lipinski definition) is 5. The molecule has 5 N–H and O–H groups in total. The number of fused-ring (bicyclic) bond motifs is 8. The molecule has 0 saturated heterocycles. The SMILES string of the molecule is CC(O)C(=O)O.Cc1ccc2c(c1)C(=O)c1cc3[nH]c4ccc(C)cc4c(=O)c3cc1C2.Cc1ccc2c(c1)C(=O)c1cc3[nH]c4ccc(C)cc4c(=O)c3cc1C2.O=CC(=O)O. The summed E-state index contributed by atoms with van der Waals surface area (Å²) >= 11 is 0. The predicted octanol–water partition coefficient (Wildman–Crippen LogP) is 7.59. The third kappa shape index (κ3) is 8.70. The highest BCUT2D eigenvalue weighted by molar-refractivity contribution is 6.19. The Morgan fingerprint density at radius 2 is 0.825 bits per heavy atom. The van der Waals surface area contributed by atoms with E-state index >= 15 is 0 Å². The maximum Gasteiger partial charge on any atom is 0.368 e. The highest BCUT2D eigenvalue weighted by Gasteiger charge is 2.26. The van der Waals surface area contributed by atoms with E-state index in [2.05, 4.69) is 9.97 Å². The van der Waals surface area contributed by atoms with Gasteiger partial charge in [0.25, 0.3) is 0 Å². The van der Waals surface area contributed by atoms with Crippen LogP contribution in [0.15, 0.2) is 107 Å². The number of H-pyrrole nitrogens is 2. The minimum Gasteiger partial charge on any atom is -0.479 e. The molecule has 316 valence electrons. The molecule has 8 aromatic rings. The van der Waals surface area contributed by atoms with Crippen molar-refractivity contribution in [1.82, 2.24) is 9.97 Å². The molecule has 0 spiro atoms. The number of carboxylic acids is 2. The number of aryl methyl sites for hydroxylation is 4. The Morgan fingerprint density at radius 3 is 1.17 bits per heavy atom. The highest BCUT2D eigenvalue weighted by atomic mass is 16.4. The van der Waals surface area contributed by atoms with Gasteiger partial charge >= 0.3 is 11.9 Å². The average Bonchev–Trinajstić information content (AvgIpc) is 3.25. The molecule has 63 heavy (non-hydrogen) atoms. The van der Waals surface area contributed by atoms with Crippen molar-refractivity contribution in [3.8, 4) is 0 Å². The van der Waals surface area contributed by atoms with Gasteiger partial charge in [0.2, 0.25) is 6.29 Å². The van der Waals surface area contributed by atoms with E-state index in [4.69, 9.17) is 24.9 Å². The molecule has 2 aromatic heterocycles. The first-order valence-electron chi connectivity index (χ1n) is 20.0. The number of hydrogen-bond acceptors (Lipinski definition) is 8. The molecule has 1 unspecified atom stereocenters. The van der Waals surface area contributed by atoms with Gasteiger partial charge in [-0.15, -0.1) is 0 Å². The van der Waals surface area contributed by atoms with Crippen molar-refractivity contribution in [3.05, 3.63) is 184 Å². The fourth-order valence-corrected chi connectivity index (χ4v) is 7.89. The van der Waals surface area contributed by atoms with E-state index < -0.39 is 18.0 Å². The Morgan fingerprint density at radius 1 is 0.508 bits per heavy atom. The number of ketones is 2. The van der Waals surface area contributed by atoms with Crippen molar-refractivity contribution < 1.29 is 39.3 Å². The molecule has 2 heterocycles. The largest absolute Gasteiger partial charge is 0.479 e. The summed E-state index contributed by atoms with van der Waals surface area (Å²) in [6, 6.07) is 31.1. The van der Waals surface area contributed by atoms with Gasteiger partial charge in [-0.3, -0.25) is 24.0 Å². The normalized spacial score (nSPS) is 12.6. The number of rotatable bonds is 2. The number of carboxylic acid groups (broad SMARTS) is 2. The molecule has 6 aromatic carbocycles. The fraction of sp³-hybridized carbons (Fsp3) is 0.157. The third-order valence-electron chi connectivity index (χ3n) is 11.1. The molecule has 0 aliphatic heterocycles. The van der Waals surface area contributed by atoms with E-state index in [0.717, 1.165) is 77.7 Å². The molecule has 0 amide bonds. The lowest BCUT2D eigenvalue weighted by Gasteiger charge is -2.19. The summed E-state index contributed by atoms with van der Waals surface area (Å²) in [5, 5.41) is 25.8. The van der Waals surface area contributed by atoms with Crippen molar-refractivity contribution in [2.45, 2.75) is 53.6 Å². The van der Waals surface area contributed by atoms with Gasteiger partial charge in [0.05, 0.1) is 11.0 Å². The van der Waals surface area contributed by atoms with E-state index in [0.29, 0.717) is 45.5 Å². The number of aliphatic hydroxyl groups is 1. The van der Waals surface area contributed by atoms with Crippen LogP contribution in [0.2, 0.25) is 0 Å². The molecule has 2 aliphatic rings. The average molecular weight is 843 g/mol. The number of carbonyl (C=O) groups excluding carboxylic acids is 3. The van der Waals surface area contributed by atoms with Gasteiger partial charge in [-0.2, -0.15) is 0 Å². The summed E-state index contributed by atoms with van der Waals surface area (Å²) < 4.78 is 0. The summed E-state index contributed by atoms with van der Waals surface area (Å²) in [4.78, 5) is 86.0. The van der Waals surface area contributed by atoms with Crippen LogP contribution >= 0.6 is 0 Å². The number of benzene rings is 6. The Labute approximate surface area is 359 Å². The standard InChI is InChI=1S/2C23H17NO2.C3H6O3.C2H2O3/c2*1-12-3-5-14-9-15-10-19-21(11-17(15)22(25)16(14)7-12)24-20-6-4-13(2)8-18(20)23(19)26;1-2(4)3(5)6;3-1-2(4)5/h2*3-8,10-11H,9H2,1-2H3,(H,24,26);2,4H,1H3,(H,5,6);1H,(H,4,5). The molecular formula is C51H42N2O10. The van der Waals surface area contributed by atoms with Gasteiger partial charge in [0.1, 0.15) is 6.10 Å². The van der Waals surface area contributed by atoms with Gasteiger partial charge in [-0.25, -0.2) is 9.59 Å². The topological polar surface area (TPSA) is 212 Å². The number of aromatic amines is 2. The second-order valence-electron chi connectivity index (χ2n) is 15.9. The van der Waals surface area contributed by atoms with Crippen LogP contribution in [0.5, 0.6) is 0 Å². The molecule has 0 fully saturated rings. The van der Waals surface area contributed by atoms with Crippen LogP contribution in [-0.4, -0.2) is 61.2 Å². The fourth-order valence-electron chi connectivity index (χ4n) is 7.89. The number of aliphatic carboxylic acids is 2. The summed E-state index contributed by atoms with van der Waals surface area (Å²) in [6.45, 7) is 9.15. The summed E-state index contributed by atoms with van der Waals surface area (Å²) in [6.07, 6.45) is -0.0412. The van der Waals surface area contributed by atoms with E-state index in [9.17, 15) is 24.0 Å². The van der Waals surface area contributed by atoms with Crippen LogP contribution in [0.3, 0.4) is 0 Å². The zero-order valence-electron chi connectivity index (χ0n) is 35.0. The van der Waals surface area contributed by atoms with Gasteiger partial charge in [-0.1, -0.05) is 58.7 Å². The summed E-state index contributed by atoms with van der Waals surface area (Å²) in [5.74, 6) is -2.53. The molecular weight excluding hydrogens is 801 g/mol. The molecule has 0 radical (unpaired) electrons. The van der Waals surface area contributed by atoms with Crippen molar-refractivity contribution in [1.29, 1.82) is 0 Å². The summed E-state index contributed by atoms with van der Waals surface area (Å²) in [5.41, 5.74) is 14.2. The summed E-state index contributed by atoms with van der Waals surface area (Å²) in [7, 11) is 0. The highest BCUT2D eigenvalue weighted by Crippen LogP contribution is 2.32. The zero-order valence-corrected chi connectivity index (χ0v) is 35.0. The van der Waals surface area contributed by atoms with Crippen LogP contribution in [-0.2, 0) is 27.2 Å². The molecule has 12 heteroatoms. The first-order chi connectivity index (χ1) is 29.9. The van der Waals surface area contributed by atoms with E-state index in [1.54, 1.807) is 0 Å². The number of aliphatic hydroxyl groups excluding tert-OH is 1. The van der Waals surface area contributed by atoms with Crippen LogP contribution < -0.4 is 10.9 Å².